The van der Waals surface area contributed by atoms with Gasteiger partial charge in [0, 0.05) is 5.56 Å². The van der Waals surface area contributed by atoms with Crippen molar-refractivity contribution in [1.29, 1.82) is 0 Å². The molecule has 0 unspecified atom stereocenters. The fraction of sp³-hybridized carbons (Fsp3) is 0.200. The van der Waals surface area contributed by atoms with Crippen molar-refractivity contribution in [3.05, 3.63) is 59.1 Å². The van der Waals surface area contributed by atoms with Crippen molar-refractivity contribution in [2.45, 2.75) is 30.5 Å². The van der Waals surface area contributed by atoms with Crippen LogP contribution in [-0.2, 0) is 21.2 Å². The van der Waals surface area contributed by atoms with E-state index in [1.807, 2.05) is 0 Å². The molecule has 11 heteroatoms. The number of sulfone groups is 1. The van der Waals surface area contributed by atoms with Gasteiger partial charge in [-0.3, -0.25) is 14.7 Å². The Hall–Kier alpha value is -3.73. The van der Waals surface area contributed by atoms with E-state index in [-0.39, 0.29) is 23.3 Å². The van der Waals surface area contributed by atoms with Crippen molar-refractivity contribution >= 4 is 32.9 Å². The van der Waals surface area contributed by atoms with Gasteiger partial charge in [0.25, 0.3) is 0 Å². The molecule has 0 aliphatic heterocycles. The Bertz CT molecular complexity index is 1430. The van der Waals surface area contributed by atoms with Crippen molar-refractivity contribution in [1.82, 2.24) is 14.8 Å². The molecule has 0 saturated heterocycles. The van der Waals surface area contributed by atoms with Gasteiger partial charge in [-0.05, 0) is 44.2 Å². The lowest BCUT2D eigenvalue weighted by atomic mass is 10.2. The second-order valence-corrected chi connectivity index (χ2v) is 9.51. The molecule has 2 aromatic heterocycles. The lowest BCUT2D eigenvalue weighted by Gasteiger charge is -2.08. The molecule has 4 rings (SSSR count). The average molecular weight is 442 g/mol. The quantitative estimate of drug-likeness (QED) is 0.481. The summed E-state index contributed by atoms with van der Waals surface area (Å²) < 4.78 is 36.5. The van der Waals surface area contributed by atoms with E-state index in [4.69, 9.17) is 8.83 Å². The number of amides is 1. The van der Waals surface area contributed by atoms with E-state index >= 15 is 0 Å². The van der Waals surface area contributed by atoms with Gasteiger partial charge in [0.05, 0.1) is 15.7 Å². The minimum absolute atomic E-state index is 0.0435. The number of nitrogens with zero attached hydrogens (tertiary/aromatic N) is 3. The Balaban J connectivity index is 1.53. The highest BCUT2D eigenvalue weighted by Gasteiger charge is 2.21. The molecular weight excluding hydrogens is 424 g/mol. The average Bonchev–Trinajstić information content (AvgIpc) is 3.32. The number of carbonyl (C=O) groups is 1. The summed E-state index contributed by atoms with van der Waals surface area (Å²) in [6.45, 7) is 2.88. The van der Waals surface area contributed by atoms with E-state index in [9.17, 15) is 18.0 Å². The van der Waals surface area contributed by atoms with Gasteiger partial charge in [-0.2, -0.15) is 0 Å². The molecule has 1 amide bonds. The molecule has 0 spiro atoms. The fourth-order valence-corrected chi connectivity index (χ4v) is 4.04. The van der Waals surface area contributed by atoms with Gasteiger partial charge in [-0.15, -0.1) is 5.10 Å². The summed E-state index contributed by atoms with van der Waals surface area (Å²) in [5.41, 5.74) is 1.25. The highest BCUT2D eigenvalue weighted by atomic mass is 32.2. The van der Waals surface area contributed by atoms with Crippen LogP contribution < -0.4 is 11.1 Å². The Morgan fingerprint density at radius 1 is 1.10 bits per heavy atom. The zero-order valence-electron chi connectivity index (χ0n) is 16.6. The van der Waals surface area contributed by atoms with Gasteiger partial charge in [0.1, 0.15) is 6.54 Å². The number of hydrogen-bond donors (Lipinski definition) is 1. The summed E-state index contributed by atoms with van der Waals surface area (Å²) in [5.74, 6) is -1.19. The van der Waals surface area contributed by atoms with Crippen LogP contribution in [-0.4, -0.2) is 34.3 Å². The number of benzene rings is 2. The second kappa shape index (κ2) is 7.84. The van der Waals surface area contributed by atoms with E-state index in [1.165, 1.54) is 16.7 Å². The zero-order chi connectivity index (χ0) is 22.2. The van der Waals surface area contributed by atoms with Crippen molar-refractivity contribution < 1.29 is 22.0 Å². The summed E-state index contributed by atoms with van der Waals surface area (Å²) >= 11 is 0. The summed E-state index contributed by atoms with van der Waals surface area (Å²) in [6.07, 6.45) is 0. The van der Waals surface area contributed by atoms with Crippen LogP contribution in [0.3, 0.4) is 0 Å². The minimum atomic E-state index is -3.47. The SMILES string of the molecule is CC(C)S(=O)(=O)c1cccc(-c2nnc(NC(=O)Cn3c(=O)oc4ccccc43)o2)c1. The largest absolute Gasteiger partial charge is 0.420 e. The number of hydrogen-bond acceptors (Lipinski definition) is 8. The molecule has 0 aliphatic rings. The third-order valence-corrected chi connectivity index (χ3v) is 6.73. The third-order valence-electron chi connectivity index (χ3n) is 4.58. The minimum Gasteiger partial charge on any atom is -0.408 e. The number of oxazole rings is 1. The van der Waals surface area contributed by atoms with Crippen LogP contribution in [0.4, 0.5) is 6.01 Å². The summed E-state index contributed by atoms with van der Waals surface area (Å²) in [7, 11) is -3.47. The normalized spacial score (nSPS) is 11.8. The molecule has 4 aromatic rings. The molecule has 2 aromatic carbocycles. The Labute approximate surface area is 176 Å². The van der Waals surface area contributed by atoms with Crippen LogP contribution >= 0.6 is 0 Å². The number of carbonyl (C=O) groups excluding carboxylic acids is 1. The standard InChI is InChI=1S/C20H18N4O6S/c1-12(2)31(27,28)14-7-5-6-13(10-14)18-22-23-19(30-18)21-17(25)11-24-15-8-3-4-9-16(15)29-20(24)26/h3-10,12H,11H2,1-2H3,(H,21,23,25). The van der Waals surface area contributed by atoms with Gasteiger partial charge in [-0.25, -0.2) is 13.2 Å². The van der Waals surface area contributed by atoms with E-state index in [1.54, 1.807) is 50.2 Å². The van der Waals surface area contributed by atoms with Crippen LogP contribution in [0.2, 0.25) is 0 Å². The molecule has 0 saturated carbocycles. The number of aromatic nitrogens is 3. The number of nitrogens with one attached hydrogen (secondary N) is 1. The van der Waals surface area contributed by atoms with Gasteiger partial charge >= 0.3 is 11.8 Å². The van der Waals surface area contributed by atoms with Crippen LogP contribution in [0.1, 0.15) is 13.8 Å². The molecule has 0 bridgehead atoms. The summed E-state index contributed by atoms with van der Waals surface area (Å²) in [4.78, 5) is 24.5. The molecule has 0 aliphatic carbocycles. The van der Waals surface area contributed by atoms with E-state index in [0.717, 1.165) is 0 Å². The van der Waals surface area contributed by atoms with E-state index in [0.29, 0.717) is 16.7 Å². The molecule has 10 nitrogen and oxygen atoms in total. The highest BCUT2D eigenvalue weighted by molar-refractivity contribution is 7.92. The van der Waals surface area contributed by atoms with Crippen molar-refractivity contribution in [3.63, 3.8) is 0 Å². The monoisotopic (exact) mass is 442 g/mol. The number of para-hydroxylation sites is 2. The predicted octanol–water partition coefficient (Wildman–Crippen LogP) is 2.47. The highest BCUT2D eigenvalue weighted by Crippen LogP contribution is 2.24. The Morgan fingerprint density at radius 2 is 1.87 bits per heavy atom. The molecule has 2 heterocycles. The van der Waals surface area contributed by atoms with Gasteiger partial charge < -0.3 is 8.83 Å². The van der Waals surface area contributed by atoms with Crippen LogP contribution in [0, 0.1) is 0 Å². The molecule has 1 N–H and O–H groups in total. The first kappa shape index (κ1) is 20.5. The number of anilines is 1. The molecular formula is C20H18N4O6S. The maximum Gasteiger partial charge on any atom is 0.420 e. The van der Waals surface area contributed by atoms with Crippen LogP contribution in [0.5, 0.6) is 0 Å². The first-order valence-corrected chi connectivity index (χ1v) is 10.9. The second-order valence-electron chi connectivity index (χ2n) is 7.00. The first-order chi connectivity index (χ1) is 14.8. The Kier molecular flexibility index (Phi) is 5.19. The number of fused-ring (bicyclic) bond motifs is 1. The molecule has 0 fully saturated rings. The number of rotatable bonds is 6. The summed E-state index contributed by atoms with van der Waals surface area (Å²) in [6, 6.07) is 12.7. The smallest absolute Gasteiger partial charge is 0.408 e. The first-order valence-electron chi connectivity index (χ1n) is 9.32. The molecule has 31 heavy (non-hydrogen) atoms. The lowest BCUT2D eigenvalue weighted by Crippen LogP contribution is -2.24. The van der Waals surface area contributed by atoms with E-state index < -0.39 is 26.8 Å². The Morgan fingerprint density at radius 3 is 2.65 bits per heavy atom. The molecule has 160 valence electrons. The van der Waals surface area contributed by atoms with Crippen molar-refractivity contribution in [2.24, 2.45) is 0 Å². The van der Waals surface area contributed by atoms with Crippen molar-refractivity contribution in [2.75, 3.05) is 5.32 Å². The van der Waals surface area contributed by atoms with Crippen LogP contribution in [0.15, 0.2) is 67.1 Å². The van der Waals surface area contributed by atoms with Crippen LogP contribution in [0.25, 0.3) is 22.6 Å². The zero-order valence-corrected chi connectivity index (χ0v) is 17.4. The third kappa shape index (κ3) is 3.99. The fourth-order valence-electron chi connectivity index (χ4n) is 2.93. The summed E-state index contributed by atoms with van der Waals surface area (Å²) in [5, 5.41) is 9.47. The van der Waals surface area contributed by atoms with Gasteiger partial charge in [0.15, 0.2) is 15.4 Å². The van der Waals surface area contributed by atoms with E-state index in [2.05, 4.69) is 15.5 Å². The van der Waals surface area contributed by atoms with Gasteiger partial charge in [-0.1, -0.05) is 23.3 Å². The molecule has 0 atom stereocenters. The lowest BCUT2D eigenvalue weighted by molar-refractivity contribution is -0.116. The maximum absolute atomic E-state index is 12.4. The van der Waals surface area contributed by atoms with Crippen molar-refractivity contribution in [3.8, 4) is 11.5 Å². The molecule has 0 radical (unpaired) electrons. The topological polar surface area (TPSA) is 137 Å². The van der Waals surface area contributed by atoms with Gasteiger partial charge in [0.2, 0.25) is 11.8 Å². The predicted molar refractivity (Wildman–Crippen MR) is 111 cm³/mol. The maximum atomic E-state index is 12.4.